The molecule has 0 unspecified atom stereocenters. The van der Waals surface area contributed by atoms with Gasteiger partial charge in [-0.15, -0.1) is 0 Å². The highest BCUT2D eigenvalue weighted by Crippen LogP contribution is 2.31. The number of nitrogens with zero attached hydrogens (tertiary/aromatic N) is 3. The van der Waals surface area contributed by atoms with Crippen LogP contribution in [-0.2, 0) is 17.5 Å². The molecule has 5 nitrogen and oxygen atoms in total. The lowest BCUT2D eigenvalue weighted by Crippen LogP contribution is -2.48. The molecule has 1 saturated heterocycles. The number of nitrogens with two attached hydrogens (primary N) is 1. The van der Waals surface area contributed by atoms with Crippen molar-refractivity contribution in [3.8, 4) is 0 Å². The predicted octanol–water partition coefficient (Wildman–Crippen LogP) is 1.74. The van der Waals surface area contributed by atoms with Gasteiger partial charge >= 0.3 is 6.18 Å². The lowest BCUT2D eigenvalue weighted by Gasteiger charge is -2.35. The van der Waals surface area contributed by atoms with Crippen LogP contribution >= 0.6 is 0 Å². The molecular weight excluding hydrogens is 309 g/mol. The van der Waals surface area contributed by atoms with Crippen molar-refractivity contribution in [3.05, 3.63) is 23.4 Å². The SMILES string of the molecule is Nc1cc(CN2CCN(C(=O)C3CC3)CC2)cc(C(F)(F)F)n1. The Hall–Kier alpha value is -1.83. The quantitative estimate of drug-likeness (QED) is 0.918. The average molecular weight is 328 g/mol. The van der Waals surface area contributed by atoms with Gasteiger partial charge in [0, 0.05) is 38.6 Å². The summed E-state index contributed by atoms with van der Waals surface area (Å²) in [6.07, 6.45) is -2.54. The smallest absolute Gasteiger partial charge is 0.384 e. The van der Waals surface area contributed by atoms with Gasteiger partial charge in [0.1, 0.15) is 11.5 Å². The molecular formula is C15H19F3N4O. The predicted molar refractivity (Wildman–Crippen MR) is 78.2 cm³/mol. The minimum atomic E-state index is -4.50. The molecule has 8 heteroatoms. The van der Waals surface area contributed by atoms with Crippen LogP contribution in [0.25, 0.3) is 0 Å². The lowest BCUT2D eigenvalue weighted by atomic mass is 10.1. The maximum atomic E-state index is 12.8. The molecule has 3 rings (SSSR count). The molecule has 1 saturated carbocycles. The third-order valence-corrected chi connectivity index (χ3v) is 4.21. The summed E-state index contributed by atoms with van der Waals surface area (Å²) < 4.78 is 38.3. The van der Waals surface area contributed by atoms with Crippen LogP contribution in [0.2, 0.25) is 0 Å². The van der Waals surface area contributed by atoms with Crippen LogP contribution < -0.4 is 5.73 Å². The number of nitrogen functional groups attached to an aromatic ring is 1. The van der Waals surface area contributed by atoms with E-state index in [1.807, 2.05) is 9.80 Å². The topological polar surface area (TPSA) is 62.5 Å². The second-order valence-corrected chi connectivity index (χ2v) is 6.16. The number of carbonyl (C=O) groups is 1. The molecule has 1 aliphatic carbocycles. The maximum Gasteiger partial charge on any atom is 0.433 e. The van der Waals surface area contributed by atoms with E-state index in [9.17, 15) is 18.0 Å². The van der Waals surface area contributed by atoms with Gasteiger partial charge in [-0.05, 0) is 30.5 Å². The number of hydrogen-bond acceptors (Lipinski definition) is 4. The molecule has 2 aliphatic rings. The van der Waals surface area contributed by atoms with Crippen molar-refractivity contribution in [1.29, 1.82) is 0 Å². The van der Waals surface area contributed by atoms with Crippen molar-refractivity contribution in [2.45, 2.75) is 25.6 Å². The van der Waals surface area contributed by atoms with E-state index in [1.54, 1.807) is 0 Å². The maximum absolute atomic E-state index is 12.8. The summed E-state index contributed by atoms with van der Waals surface area (Å²) in [5.74, 6) is 0.297. The van der Waals surface area contributed by atoms with Gasteiger partial charge in [-0.25, -0.2) is 4.98 Å². The van der Waals surface area contributed by atoms with E-state index in [2.05, 4.69) is 4.98 Å². The molecule has 0 bridgehead atoms. The summed E-state index contributed by atoms with van der Waals surface area (Å²) in [4.78, 5) is 19.2. The molecule has 1 aromatic heterocycles. The van der Waals surface area contributed by atoms with Crippen LogP contribution in [0.5, 0.6) is 0 Å². The number of amides is 1. The van der Waals surface area contributed by atoms with Gasteiger partial charge in [0.25, 0.3) is 0 Å². The lowest BCUT2D eigenvalue weighted by molar-refractivity contribution is -0.141. The fraction of sp³-hybridized carbons (Fsp3) is 0.600. The number of pyridine rings is 1. The summed E-state index contributed by atoms with van der Waals surface area (Å²) in [5.41, 5.74) is 5.01. The number of alkyl halides is 3. The third kappa shape index (κ3) is 3.93. The molecule has 0 spiro atoms. The highest BCUT2D eigenvalue weighted by Gasteiger charge is 2.35. The minimum absolute atomic E-state index is 0.127. The molecule has 1 amide bonds. The van der Waals surface area contributed by atoms with Crippen LogP contribution in [0.15, 0.2) is 12.1 Å². The first kappa shape index (κ1) is 16.0. The van der Waals surface area contributed by atoms with Crippen molar-refractivity contribution in [3.63, 3.8) is 0 Å². The van der Waals surface area contributed by atoms with Crippen molar-refractivity contribution in [2.24, 2.45) is 5.92 Å². The summed E-state index contributed by atoms with van der Waals surface area (Å²) in [6, 6.07) is 2.51. The largest absolute Gasteiger partial charge is 0.433 e. The standard InChI is InChI=1S/C15H19F3N4O/c16-15(17,18)12-7-10(8-13(19)20-12)9-21-3-5-22(6-4-21)14(23)11-1-2-11/h7-8,11H,1-6,9H2,(H2,19,20). The number of rotatable bonds is 3. The highest BCUT2D eigenvalue weighted by atomic mass is 19.4. The van der Waals surface area contributed by atoms with E-state index < -0.39 is 11.9 Å². The fourth-order valence-electron chi connectivity index (χ4n) is 2.82. The van der Waals surface area contributed by atoms with Crippen LogP contribution in [0, 0.1) is 5.92 Å². The fourth-order valence-corrected chi connectivity index (χ4v) is 2.82. The number of anilines is 1. The number of piperazine rings is 1. The monoisotopic (exact) mass is 328 g/mol. The van der Waals surface area contributed by atoms with Crippen molar-refractivity contribution in [2.75, 3.05) is 31.9 Å². The molecule has 2 N–H and O–H groups in total. The molecule has 0 radical (unpaired) electrons. The second kappa shape index (κ2) is 5.99. The van der Waals surface area contributed by atoms with Crippen LogP contribution in [0.4, 0.5) is 19.0 Å². The summed E-state index contributed by atoms with van der Waals surface area (Å²) in [5, 5.41) is 0. The van der Waals surface area contributed by atoms with E-state index >= 15 is 0 Å². The van der Waals surface area contributed by atoms with Crippen LogP contribution in [0.1, 0.15) is 24.1 Å². The Balaban J connectivity index is 1.60. The van der Waals surface area contributed by atoms with Gasteiger partial charge < -0.3 is 10.6 Å². The normalized spacial score (nSPS) is 19.9. The second-order valence-electron chi connectivity index (χ2n) is 6.16. The van der Waals surface area contributed by atoms with Crippen molar-refractivity contribution < 1.29 is 18.0 Å². The Kier molecular flexibility index (Phi) is 4.18. The first-order valence-electron chi connectivity index (χ1n) is 7.68. The first-order valence-corrected chi connectivity index (χ1v) is 7.68. The first-order chi connectivity index (χ1) is 10.8. The van der Waals surface area contributed by atoms with E-state index in [0.29, 0.717) is 38.3 Å². The van der Waals surface area contributed by atoms with Gasteiger partial charge in [0.05, 0.1) is 0 Å². The van der Waals surface area contributed by atoms with Crippen molar-refractivity contribution in [1.82, 2.24) is 14.8 Å². The average Bonchev–Trinajstić information content (AvgIpc) is 3.30. The Morgan fingerprint density at radius 2 is 1.87 bits per heavy atom. The summed E-state index contributed by atoms with van der Waals surface area (Å²) >= 11 is 0. The van der Waals surface area contributed by atoms with Gasteiger partial charge in [-0.2, -0.15) is 13.2 Å². The molecule has 0 atom stereocenters. The van der Waals surface area contributed by atoms with E-state index in [-0.39, 0.29) is 17.6 Å². The number of halogens is 3. The molecule has 1 aliphatic heterocycles. The van der Waals surface area contributed by atoms with Gasteiger partial charge in [0.2, 0.25) is 5.91 Å². The zero-order chi connectivity index (χ0) is 16.6. The van der Waals surface area contributed by atoms with Gasteiger partial charge in [-0.1, -0.05) is 0 Å². The summed E-state index contributed by atoms with van der Waals surface area (Å²) in [7, 11) is 0. The number of hydrogen-bond donors (Lipinski definition) is 1. The Labute approximate surface area is 132 Å². The van der Waals surface area contributed by atoms with E-state index in [1.165, 1.54) is 6.07 Å². The van der Waals surface area contributed by atoms with E-state index in [4.69, 9.17) is 5.73 Å². The number of aromatic nitrogens is 1. The molecule has 2 heterocycles. The zero-order valence-corrected chi connectivity index (χ0v) is 12.6. The van der Waals surface area contributed by atoms with Crippen LogP contribution in [0.3, 0.4) is 0 Å². The van der Waals surface area contributed by atoms with Gasteiger partial charge in [-0.3, -0.25) is 9.69 Å². The highest BCUT2D eigenvalue weighted by molar-refractivity contribution is 5.81. The minimum Gasteiger partial charge on any atom is -0.384 e. The molecule has 0 aromatic carbocycles. The third-order valence-electron chi connectivity index (χ3n) is 4.21. The molecule has 23 heavy (non-hydrogen) atoms. The van der Waals surface area contributed by atoms with Gasteiger partial charge in [0.15, 0.2) is 0 Å². The molecule has 2 fully saturated rings. The summed E-state index contributed by atoms with van der Waals surface area (Å²) in [6.45, 7) is 2.94. The Bertz CT molecular complexity index is 593. The zero-order valence-electron chi connectivity index (χ0n) is 12.6. The number of carbonyl (C=O) groups excluding carboxylic acids is 1. The van der Waals surface area contributed by atoms with Crippen LogP contribution in [-0.4, -0.2) is 46.9 Å². The Morgan fingerprint density at radius 3 is 2.43 bits per heavy atom. The molecule has 1 aromatic rings. The Morgan fingerprint density at radius 1 is 1.22 bits per heavy atom. The van der Waals surface area contributed by atoms with E-state index in [0.717, 1.165) is 18.9 Å². The molecule has 126 valence electrons. The van der Waals surface area contributed by atoms with Crippen molar-refractivity contribution >= 4 is 11.7 Å².